The molecule has 1 saturated heterocycles. The lowest BCUT2D eigenvalue weighted by Crippen LogP contribution is -2.44. The lowest BCUT2D eigenvalue weighted by atomic mass is 10.1. The van der Waals surface area contributed by atoms with E-state index in [1.54, 1.807) is 11.1 Å². The maximum Gasteiger partial charge on any atom is 0.253 e. The fourth-order valence-corrected chi connectivity index (χ4v) is 4.24. The number of carbonyl (C=O) groups excluding carboxylic acids is 2. The monoisotopic (exact) mass is 472 g/mol. The highest BCUT2D eigenvalue weighted by atomic mass is 16.2. The van der Waals surface area contributed by atoms with Gasteiger partial charge in [0, 0.05) is 62.3 Å². The van der Waals surface area contributed by atoms with Crippen LogP contribution in [0.5, 0.6) is 0 Å². The third-order valence-electron chi connectivity index (χ3n) is 6.24. The molecule has 0 atom stereocenters. The standard InChI is InChI=1S/C27H32N6O2/c1-3-32(4-2)27(35)20-8-5-19(6-9-20)7-10-22-17-21(11-12-30-22)24-18-23(25(28)34)26(31-24)33-15-13-29-14-16-33/h5-12,17-18,29,31H,3-4,13-16H2,1-2H3,(H2,28,34). The molecule has 1 fully saturated rings. The fourth-order valence-electron chi connectivity index (χ4n) is 4.24. The molecule has 0 bridgehead atoms. The Hall–Kier alpha value is -3.91. The van der Waals surface area contributed by atoms with Gasteiger partial charge in [0.1, 0.15) is 5.82 Å². The lowest BCUT2D eigenvalue weighted by Gasteiger charge is -2.28. The Morgan fingerprint density at radius 2 is 1.77 bits per heavy atom. The third-order valence-corrected chi connectivity index (χ3v) is 6.24. The van der Waals surface area contributed by atoms with Crippen LogP contribution in [0.1, 0.15) is 45.8 Å². The molecule has 0 saturated carbocycles. The van der Waals surface area contributed by atoms with Crippen LogP contribution in [0.15, 0.2) is 48.7 Å². The molecule has 0 aliphatic carbocycles. The van der Waals surface area contributed by atoms with E-state index in [9.17, 15) is 9.59 Å². The van der Waals surface area contributed by atoms with Crippen LogP contribution in [0, 0.1) is 0 Å². The molecule has 1 aromatic carbocycles. The molecule has 2 amide bonds. The summed E-state index contributed by atoms with van der Waals surface area (Å²) >= 11 is 0. The van der Waals surface area contributed by atoms with E-state index in [4.69, 9.17) is 5.73 Å². The van der Waals surface area contributed by atoms with Crippen molar-refractivity contribution in [1.82, 2.24) is 20.2 Å². The SMILES string of the molecule is CCN(CC)C(=O)c1ccc(C=Cc2cc(-c3cc(C(N)=O)c(N4CCNCC4)[nH]3)ccn2)cc1. The number of aromatic nitrogens is 2. The Morgan fingerprint density at radius 3 is 2.43 bits per heavy atom. The molecule has 8 nitrogen and oxygen atoms in total. The summed E-state index contributed by atoms with van der Waals surface area (Å²) in [7, 11) is 0. The molecule has 0 radical (unpaired) electrons. The first kappa shape index (κ1) is 24.2. The maximum atomic E-state index is 12.5. The molecular weight excluding hydrogens is 440 g/mol. The van der Waals surface area contributed by atoms with Crippen LogP contribution in [0.2, 0.25) is 0 Å². The van der Waals surface area contributed by atoms with Crippen molar-refractivity contribution in [1.29, 1.82) is 0 Å². The van der Waals surface area contributed by atoms with Gasteiger partial charge in [0.05, 0.1) is 11.3 Å². The molecule has 0 spiro atoms. The average Bonchev–Trinajstić information content (AvgIpc) is 3.35. The number of nitrogens with zero attached hydrogens (tertiary/aromatic N) is 3. The van der Waals surface area contributed by atoms with E-state index >= 15 is 0 Å². The highest BCUT2D eigenvalue weighted by Gasteiger charge is 2.21. The molecule has 8 heteroatoms. The average molecular weight is 473 g/mol. The second-order valence-electron chi connectivity index (χ2n) is 8.45. The largest absolute Gasteiger partial charge is 0.365 e. The van der Waals surface area contributed by atoms with Crippen LogP contribution in [-0.4, -0.2) is 66.0 Å². The van der Waals surface area contributed by atoms with Crippen molar-refractivity contribution < 1.29 is 9.59 Å². The van der Waals surface area contributed by atoms with Crippen molar-refractivity contribution in [3.05, 3.63) is 71.0 Å². The minimum atomic E-state index is -0.446. The quantitative estimate of drug-likeness (QED) is 0.467. The number of H-pyrrole nitrogens is 1. The number of aromatic amines is 1. The van der Waals surface area contributed by atoms with Gasteiger partial charge in [-0.3, -0.25) is 14.6 Å². The number of benzene rings is 1. The third kappa shape index (κ3) is 5.60. The number of anilines is 1. The van der Waals surface area contributed by atoms with Gasteiger partial charge < -0.3 is 25.8 Å². The first-order chi connectivity index (χ1) is 17.0. The summed E-state index contributed by atoms with van der Waals surface area (Å²) in [5, 5.41) is 3.32. The molecule has 35 heavy (non-hydrogen) atoms. The molecule has 3 aromatic rings. The maximum absolute atomic E-state index is 12.5. The van der Waals surface area contributed by atoms with Crippen LogP contribution in [0.4, 0.5) is 5.82 Å². The van der Waals surface area contributed by atoms with E-state index in [0.717, 1.165) is 54.5 Å². The summed E-state index contributed by atoms with van der Waals surface area (Å²) in [6, 6.07) is 13.3. The minimum Gasteiger partial charge on any atom is -0.365 e. The summed E-state index contributed by atoms with van der Waals surface area (Å²) in [5.74, 6) is 0.363. The topological polar surface area (TPSA) is 107 Å². The second-order valence-corrected chi connectivity index (χ2v) is 8.45. The van der Waals surface area contributed by atoms with Gasteiger partial charge in [0.2, 0.25) is 0 Å². The van der Waals surface area contributed by atoms with Gasteiger partial charge in [-0.1, -0.05) is 18.2 Å². The van der Waals surface area contributed by atoms with Gasteiger partial charge >= 0.3 is 0 Å². The number of amides is 2. The van der Waals surface area contributed by atoms with Crippen LogP contribution in [0.3, 0.4) is 0 Å². The van der Waals surface area contributed by atoms with Crippen LogP contribution in [0.25, 0.3) is 23.4 Å². The molecule has 1 aliphatic rings. The number of carbonyl (C=O) groups is 2. The molecule has 2 aromatic heterocycles. The van der Waals surface area contributed by atoms with E-state index in [2.05, 4.69) is 20.2 Å². The number of hydrogen-bond donors (Lipinski definition) is 3. The first-order valence-electron chi connectivity index (χ1n) is 12.0. The second kappa shape index (κ2) is 11.0. The molecule has 182 valence electrons. The Bertz CT molecular complexity index is 1200. The van der Waals surface area contributed by atoms with E-state index in [0.29, 0.717) is 24.2 Å². The number of primary amides is 1. The van der Waals surface area contributed by atoms with Gasteiger partial charge in [0.25, 0.3) is 11.8 Å². The molecule has 1 aliphatic heterocycles. The summed E-state index contributed by atoms with van der Waals surface area (Å²) in [6.07, 6.45) is 5.64. The van der Waals surface area contributed by atoms with E-state index in [1.807, 2.05) is 68.5 Å². The number of nitrogens with two attached hydrogens (primary N) is 1. The molecule has 0 unspecified atom stereocenters. The van der Waals surface area contributed by atoms with Gasteiger partial charge in [-0.15, -0.1) is 0 Å². The number of hydrogen-bond acceptors (Lipinski definition) is 5. The van der Waals surface area contributed by atoms with E-state index in [1.165, 1.54) is 0 Å². The zero-order chi connectivity index (χ0) is 24.8. The van der Waals surface area contributed by atoms with Crippen molar-refractivity contribution in [2.45, 2.75) is 13.8 Å². The van der Waals surface area contributed by atoms with Gasteiger partial charge in [0.15, 0.2) is 0 Å². The number of rotatable bonds is 8. The normalized spacial score (nSPS) is 13.8. The highest BCUT2D eigenvalue weighted by Crippen LogP contribution is 2.28. The Morgan fingerprint density at radius 1 is 1.06 bits per heavy atom. The Kier molecular flexibility index (Phi) is 7.62. The molecule has 3 heterocycles. The van der Waals surface area contributed by atoms with E-state index in [-0.39, 0.29) is 5.91 Å². The number of piperazine rings is 1. The van der Waals surface area contributed by atoms with Crippen LogP contribution in [-0.2, 0) is 0 Å². The summed E-state index contributed by atoms with van der Waals surface area (Å²) in [4.78, 5) is 36.4. The lowest BCUT2D eigenvalue weighted by molar-refractivity contribution is 0.0772. The van der Waals surface area contributed by atoms with Crippen molar-refractivity contribution in [3.8, 4) is 11.3 Å². The van der Waals surface area contributed by atoms with Crippen LogP contribution >= 0.6 is 0 Å². The summed E-state index contributed by atoms with van der Waals surface area (Å²) in [6.45, 7) is 8.69. The van der Waals surface area contributed by atoms with Crippen LogP contribution < -0.4 is 16.0 Å². The fraction of sp³-hybridized carbons (Fsp3) is 0.296. The minimum absolute atomic E-state index is 0.0429. The van der Waals surface area contributed by atoms with Crippen molar-refractivity contribution in [3.63, 3.8) is 0 Å². The van der Waals surface area contributed by atoms with Gasteiger partial charge in [-0.25, -0.2) is 0 Å². The summed E-state index contributed by atoms with van der Waals surface area (Å²) in [5.41, 5.74) is 10.3. The molecule has 4 rings (SSSR count). The van der Waals surface area contributed by atoms with Crippen molar-refractivity contribution >= 4 is 29.8 Å². The highest BCUT2D eigenvalue weighted by molar-refractivity contribution is 5.99. The zero-order valence-electron chi connectivity index (χ0n) is 20.3. The van der Waals surface area contributed by atoms with Gasteiger partial charge in [-0.2, -0.15) is 0 Å². The molecular formula is C27H32N6O2. The first-order valence-corrected chi connectivity index (χ1v) is 12.0. The predicted molar refractivity (Wildman–Crippen MR) is 140 cm³/mol. The molecule has 4 N–H and O–H groups in total. The Balaban J connectivity index is 1.53. The Labute approximate surface area is 205 Å². The van der Waals surface area contributed by atoms with E-state index < -0.39 is 5.91 Å². The van der Waals surface area contributed by atoms with Crippen molar-refractivity contribution in [2.75, 3.05) is 44.2 Å². The number of nitrogens with one attached hydrogen (secondary N) is 2. The summed E-state index contributed by atoms with van der Waals surface area (Å²) < 4.78 is 0. The smallest absolute Gasteiger partial charge is 0.253 e. The van der Waals surface area contributed by atoms with Crippen molar-refractivity contribution in [2.24, 2.45) is 5.73 Å². The van der Waals surface area contributed by atoms with Gasteiger partial charge in [-0.05, 0) is 55.8 Å². The zero-order valence-corrected chi connectivity index (χ0v) is 20.3. The predicted octanol–water partition coefficient (Wildman–Crippen LogP) is 3.24. The number of pyridine rings is 1.